The van der Waals surface area contributed by atoms with Crippen LogP contribution in [0.5, 0.6) is 0 Å². The van der Waals surface area contributed by atoms with Crippen LogP contribution in [0.3, 0.4) is 0 Å². The molecule has 0 aliphatic rings. The molecule has 0 aliphatic heterocycles. The molecule has 110 valence electrons. The average molecular weight is 308 g/mol. The summed E-state index contributed by atoms with van der Waals surface area (Å²) in [5.41, 5.74) is 0.779. The molecule has 0 amide bonds. The van der Waals surface area contributed by atoms with Gasteiger partial charge in [0.15, 0.2) is 0 Å². The summed E-state index contributed by atoms with van der Waals surface area (Å²) in [6.07, 6.45) is 0.344. The highest BCUT2D eigenvalue weighted by atomic mass is 35.5. The van der Waals surface area contributed by atoms with Crippen molar-refractivity contribution < 1.29 is 9.31 Å². The summed E-state index contributed by atoms with van der Waals surface area (Å²) in [6, 6.07) is 13.7. The first-order valence-electron chi connectivity index (χ1n) is 6.61. The SMILES string of the molecule is CC(Cc1cccc([N+](=O)[O-])c1F)C(Cl)c1ccccc1. The Labute approximate surface area is 127 Å². The van der Waals surface area contributed by atoms with Crippen molar-refractivity contribution in [3.63, 3.8) is 0 Å². The number of nitrogens with zero attached hydrogens (tertiary/aromatic N) is 1. The van der Waals surface area contributed by atoms with E-state index in [0.29, 0.717) is 12.0 Å². The number of nitro benzene ring substituents is 1. The molecule has 3 nitrogen and oxygen atoms in total. The summed E-state index contributed by atoms with van der Waals surface area (Å²) in [5, 5.41) is 10.5. The molecule has 2 aromatic rings. The van der Waals surface area contributed by atoms with Gasteiger partial charge in [-0.15, -0.1) is 11.6 Å². The van der Waals surface area contributed by atoms with Crippen LogP contribution >= 0.6 is 11.6 Å². The third-order valence-electron chi connectivity index (χ3n) is 3.41. The Balaban J connectivity index is 2.18. The van der Waals surface area contributed by atoms with E-state index in [0.717, 1.165) is 5.56 Å². The summed E-state index contributed by atoms with van der Waals surface area (Å²) >= 11 is 6.40. The molecule has 2 unspecified atom stereocenters. The molecule has 2 atom stereocenters. The predicted octanol–water partition coefficient (Wildman–Crippen LogP) is 4.89. The van der Waals surface area contributed by atoms with Crippen molar-refractivity contribution in [2.24, 2.45) is 5.92 Å². The van der Waals surface area contributed by atoms with E-state index < -0.39 is 16.4 Å². The molecular weight excluding hydrogens is 293 g/mol. The maximum absolute atomic E-state index is 14.1. The first-order valence-corrected chi connectivity index (χ1v) is 7.05. The van der Waals surface area contributed by atoms with Crippen molar-refractivity contribution in [3.8, 4) is 0 Å². The number of rotatable bonds is 5. The quantitative estimate of drug-likeness (QED) is 0.448. The van der Waals surface area contributed by atoms with Crippen LogP contribution in [0.15, 0.2) is 48.5 Å². The number of alkyl halides is 1. The molecule has 0 N–H and O–H groups in total. The molecule has 0 bridgehead atoms. The monoisotopic (exact) mass is 307 g/mol. The van der Waals surface area contributed by atoms with Crippen LogP contribution < -0.4 is 0 Å². The molecule has 0 aromatic heterocycles. The Kier molecular flexibility index (Phi) is 4.91. The van der Waals surface area contributed by atoms with Gasteiger partial charge in [0.1, 0.15) is 0 Å². The Morgan fingerprint density at radius 2 is 1.86 bits per heavy atom. The Morgan fingerprint density at radius 1 is 1.19 bits per heavy atom. The lowest BCUT2D eigenvalue weighted by molar-refractivity contribution is -0.387. The lowest BCUT2D eigenvalue weighted by atomic mass is 9.93. The van der Waals surface area contributed by atoms with Gasteiger partial charge in [-0.1, -0.05) is 49.4 Å². The van der Waals surface area contributed by atoms with Crippen LogP contribution in [0.25, 0.3) is 0 Å². The summed E-state index contributed by atoms with van der Waals surface area (Å²) < 4.78 is 14.1. The molecule has 0 saturated heterocycles. The normalized spacial score (nSPS) is 13.7. The van der Waals surface area contributed by atoms with Crippen LogP contribution in [-0.2, 0) is 6.42 Å². The number of hydrogen-bond donors (Lipinski definition) is 0. The summed E-state index contributed by atoms with van der Waals surface area (Å²) in [4.78, 5) is 10.0. The lowest BCUT2D eigenvalue weighted by Gasteiger charge is -2.18. The average Bonchev–Trinajstić information content (AvgIpc) is 2.49. The molecular formula is C16H15ClFNO2. The van der Waals surface area contributed by atoms with E-state index >= 15 is 0 Å². The van der Waals surface area contributed by atoms with Crippen LogP contribution in [0.1, 0.15) is 23.4 Å². The second-order valence-corrected chi connectivity index (χ2v) is 5.47. The third-order valence-corrected chi connectivity index (χ3v) is 4.10. The van der Waals surface area contributed by atoms with Gasteiger partial charge in [0.05, 0.1) is 10.3 Å². The molecule has 2 rings (SSSR count). The number of halogens is 2. The molecule has 0 aliphatic carbocycles. The summed E-state index contributed by atoms with van der Waals surface area (Å²) in [6.45, 7) is 1.91. The Hall–Kier alpha value is -1.94. The van der Waals surface area contributed by atoms with Gasteiger partial charge in [-0.05, 0) is 23.5 Å². The minimum atomic E-state index is -0.772. The van der Waals surface area contributed by atoms with E-state index in [2.05, 4.69) is 0 Å². The minimum absolute atomic E-state index is 0.0504. The molecule has 2 aromatic carbocycles. The summed E-state index contributed by atoms with van der Waals surface area (Å²) in [5.74, 6) is -0.822. The molecule has 0 radical (unpaired) electrons. The fourth-order valence-corrected chi connectivity index (χ4v) is 2.52. The smallest absolute Gasteiger partial charge is 0.258 e. The van der Waals surface area contributed by atoms with Gasteiger partial charge >= 0.3 is 5.69 Å². The van der Waals surface area contributed by atoms with Gasteiger partial charge < -0.3 is 0 Å². The van der Waals surface area contributed by atoms with Gasteiger partial charge in [-0.25, -0.2) is 0 Å². The lowest BCUT2D eigenvalue weighted by Crippen LogP contribution is -2.09. The van der Waals surface area contributed by atoms with Gasteiger partial charge in [0, 0.05) is 6.07 Å². The van der Waals surface area contributed by atoms with Crippen molar-refractivity contribution in [2.75, 3.05) is 0 Å². The molecule has 0 spiro atoms. The molecule has 0 fully saturated rings. The molecule has 5 heteroatoms. The van der Waals surface area contributed by atoms with Crippen molar-refractivity contribution in [1.82, 2.24) is 0 Å². The van der Waals surface area contributed by atoms with Crippen LogP contribution in [0.2, 0.25) is 0 Å². The second-order valence-electron chi connectivity index (χ2n) is 5.00. The van der Waals surface area contributed by atoms with Gasteiger partial charge in [-0.3, -0.25) is 10.1 Å². The van der Waals surface area contributed by atoms with E-state index in [9.17, 15) is 14.5 Å². The zero-order valence-electron chi connectivity index (χ0n) is 11.5. The number of benzene rings is 2. The van der Waals surface area contributed by atoms with E-state index in [4.69, 9.17) is 11.6 Å². The highest BCUT2D eigenvalue weighted by Gasteiger charge is 2.22. The van der Waals surface area contributed by atoms with E-state index in [1.54, 1.807) is 6.07 Å². The maximum Gasteiger partial charge on any atom is 0.305 e. The van der Waals surface area contributed by atoms with Gasteiger partial charge in [-0.2, -0.15) is 4.39 Å². The fourth-order valence-electron chi connectivity index (χ4n) is 2.28. The highest BCUT2D eigenvalue weighted by Crippen LogP contribution is 2.32. The van der Waals surface area contributed by atoms with Crippen LogP contribution in [0, 0.1) is 21.8 Å². The number of hydrogen-bond acceptors (Lipinski definition) is 2. The second kappa shape index (κ2) is 6.68. The summed E-state index contributed by atoms with van der Waals surface area (Å²) in [7, 11) is 0. The van der Waals surface area contributed by atoms with E-state index in [1.807, 2.05) is 37.3 Å². The minimum Gasteiger partial charge on any atom is -0.258 e. The first kappa shape index (κ1) is 15.4. The zero-order valence-corrected chi connectivity index (χ0v) is 12.3. The maximum atomic E-state index is 14.1. The molecule has 0 heterocycles. The zero-order chi connectivity index (χ0) is 15.4. The molecule has 0 saturated carbocycles. The van der Waals surface area contributed by atoms with Crippen LogP contribution in [0.4, 0.5) is 10.1 Å². The topological polar surface area (TPSA) is 43.1 Å². The van der Waals surface area contributed by atoms with Crippen molar-refractivity contribution in [1.29, 1.82) is 0 Å². The van der Waals surface area contributed by atoms with Gasteiger partial charge in [0.2, 0.25) is 5.82 Å². The third kappa shape index (κ3) is 3.58. The van der Waals surface area contributed by atoms with Crippen molar-refractivity contribution >= 4 is 17.3 Å². The Bertz CT molecular complexity index is 633. The van der Waals surface area contributed by atoms with Crippen molar-refractivity contribution in [3.05, 3.63) is 75.6 Å². The highest BCUT2D eigenvalue weighted by molar-refractivity contribution is 6.21. The van der Waals surface area contributed by atoms with E-state index in [1.165, 1.54) is 12.1 Å². The van der Waals surface area contributed by atoms with Gasteiger partial charge in [0.25, 0.3) is 0 Å². The fraction of sp³-hybridized carbons (Fsp3) is 0.250. The van der Waals surface area contributed by atoms with Crippen LogP contribution in [-0.4, -0.2) is 4.92 Å². The largest absolute Gasteiger partial charge is 0.305 e. The standard InChI is InChI=1S/C16H15ClFNO2/c1-11(15(17)12-6-3-2-4-7-12)10-13-8-5-9-14(16(13)18)19(20)21/h2-9,11,15H,10H2,1H3. The number of nitro groups is 1. The predicted molar refractivity (Wildman–Crippen MR) is 81.0 cm³/mol. The van der Waals surface area contributed by atoms with Crippen molar-refractivity contribution in [2.45, 2.75) is 18.7 Å². The molecule has 21 heavy (non-hydrogen) atoms. The Morgan fingerprint density at radius 3 is 2.48 bits per heavy atom. The van der Waals surface area contributed by atoms with E-state index in [-0.39, 0.29) is 11.3 Å². The first-order chi connectivity index (χ1) is 10.0.